The number of alkyl halides is 1. The number of aromatic hydroxyl groups is 1. The molecule has 9 nitrogen and oxygen atoms in total. The Kier molecular flexibility index (Phi) is 4.59. The molecule has 2 N–H and O–H groups in total. The van der Waals surface area contributed by atoms with Crippen LogP contribution in [0.2, 0.25) is 0 Å². The fourth-order valence-corrected chi connectivity index (χ4v) is 2.87. The predicted molar refractivity (Wildman–Crippen MR) is 82.5 cm³/mol. The third-order valence-electron chi connectivity index (χ3n) is 3.20. The van der Waals surface area contributed by atoms with Crippen LogP contribution < -0.4 is 4.74 Å². The van der Waals surface area contributed by atoms with Crippen molar-refractivity contribution in [1.29, 1.82) is 0 Å². The molecule has 0 aliphatic heterocycles. The molecule has 2 heterocycles. The van der Waals surface area contributed by atoms with E-state index in [1.54, 1.807) is 0 Å². The summed E-state index contributed by atoms with van der Waals surface area (Å²) in [6.45, 7) is -1.30. The van der Waals surface area contributed by atoms with Gasteiger partial charge in [-0.1, -0.05) is 0 Å². The Labute approximate surface area is 140 Å². The fraction of sp³-hybridized carbons (Fsp3) is 0.286. The highest BCUT2D eigenvalue weighted by atomic mass is 32.2. The molecular formula is C14H13FN2O7S. The highest BCUT2D eigenvalue weighted by Gasteiger charge is 2.20. The quantitative estimate of drug-likeness (QED) is 0.597. The first-order valence-corrected chi connectivity index (χ1v) is 8.65. The maximum Gasteiger partial charge on any atom is 0.267 e. The molecule has 0 saturated carbocycles. The van der Waals surface area contributed by atoms with Crippen LogP contribution in [-0.2, 0) is 10.1 Å². The maximum atomic E-state index is 12.8. The summed E-state index contributed by atoms with van der Waals surface area (Å²) in [7, 11) is -4.31. The molecule has 0 fully saturated rings. The van der Waals surface area contributed by atoms with Crippen LogP contribution in [-0.4, -0.2) is 47.3 Å². The first-order chi connectivity index (χ1) is 11.8. The highest BCUT2D eigenvalue weighted by molar-refractivity contribution is 7.85. The van der Waals surface area contributed by atoms with Crippen LogP contribution in [0.5, 0.6) is 11.6 Å². The zero-order valence-electron chi connectivity index (χ0n) is 12.6. The summed E-state index contributed by atoms with van der Waals surface area (Å²) in [5.41, 5.74) is 0.844. The Morgan fingerprint density at radius 2 is 2.12 bits per heavy atom. The molecule has 0 saturated heterocycles. The van der Waals surface area contributed by atoms with Crippen LogP contribution in [0, 0.1) is 5.92 Å². The lowest BCUT2D eigenvalue weighted by Crippen LogP contribution is -2.23. The largest absolute Gasteiger partial charge is 0.508 e. The van der Waals surface area contributed by atoms with Crippen molar-refractivity contribution in [1.82, 2.24) is 10.1 Å². The van der Waals surface area contributed by atoms with Crippen molar-refractivity contribution in [2.24, 2.45) is 5.92 Å². The summed E-state index contributed by atoms with van der Waals surface area (Å²) >= 11 is 0. The van der Waals surface area contributed by atoms with E-state index in [2.05, 4.69) is 10.1 Å². The molecule has 1 atom stereocenters. The fourth-order valence-electron chi connectivity index (χ4n) is 2.09. The van der Waals surface area contributed by atoms with Crippen molar-refractivity contribution in [2.45, 2.75) is 0 Å². The van der Waals surface area contributed by atoms with E-state index in [1.807, 2.05) is 0 Å². The Morgan fingerprint density at radius 3 is 2.84 bits per heavy atom. The molecule has 0 spiro atoms. The van der Waals surface area contributed by atoms with Gasteiger partial charge in [0.2, 0.25) is 5.76 Å². The zero-order chi connectivity index (χ0) is 18.0. The van der Waals surface area contributed by atoms with E-state index in [4.69, 9.17) is 18.2 Å². The molecule has 3 aromatic rings. The Morgan fingerprint density at radius 1 is 1.32 bits per heavy atom. The van der Waals surface area contributed by atoms with E-state index in [1.165, 1.54) is 24.3 Å². The SMILES string of the molecule is O=S(=O)(O)CC(CF)COc1cc(-c2nc3cc(O)ccc3o2)on1. The molecule has 11 heteroatoms. The third kappa shape index (κ3) is 4.25. The first-order valence-electron chi connectivity index (χ1n) is 7.04. The number of hydrogen-bond acceptors (Lipinski definition) is 8. The summed E-state index contributed by atoms with van der Waals surface area (Å²) in [4.78, 5) is 4.13. The van der Waals surface area contributed by atoms with E-state index in [-0.39, 0.29) is 29.9 Å². The molecule has 1 aromatic carbocycles. The molecule has 0 amide bonds. The van der Waals surface area contributed by atoms with Gasteiger partial charge in [-0.25, -0.2) is 4.98 Å². The topological polar surface area (TPSA) is 136 Å². The van der Waals surface area contributed by atoms with Crippen molar-refractivity contribution in [3.05, 3.63) is 24.3 Å². The van der Waals surface area contributed by atoms with Crippen LogP contribution >= 0.6 is 0 Å². The van der Waals surface area contributed by atoms with Crippen molar-refractivity contribution in [2.75, 3.05) is 19.0 Å². The molecule has 1 unspecified atom stereocenters. The van der Waals surface area contributed by atoms with Crippen LogP contribution in [0.1, 0.15) is 0 Å². The van der Waals surface area contributed by atoms with Gasteiger partial charge in [-0.15, -0.1) is 0 Å². The van der Waals surface area contributed by atoms with Crippen molar-refractivity contribution in [3.8, 4) is 23.3 Å². The van der Waals surface area contributed by atoms with E-state index in [0.717, 1.165) is 0 Å². The minimum absolute atomic E-state index is 0.0195. The molecule has 0 radical (unpaired) electrons. The Balaban J connectivity index is 1.71. The number of aromatic nitrogens is 2. The Bertz CT molecular complexity index is 982. The van der Waals surface area contributed by atoms with Gasteiger partial charge >= 0.3 is 0 Å². The normalized spacial score (nSPS) is 13.2. The summed E-state index contributed by atoms with van der Waals surface area (Å²) in [6.07, 6.45) is 0. The number of benzene rings is 1. The summed E-state index contributed by atoms with van der Waals surface area (Å²) < 4.78 is 58.7. The predicted octanol–water partition coefficient (Wildman–Crippen LogP) is 2.04. The van der Waals surface area contributed by atoms with Crippen LogP contribution in [0.15, 0.2) is 33.2 Å². The zero-order valence-corrected chi connectivity index (χ0v) is 13.4. The van der Waals surface area contributed by atoms with Gasteiger partial charge in [0.1, 0.15) is 11.3 Å². The number of rotatable bonds is 7. The van der Waals surface area contributed by atoms with Crippen LogP contribution in [0.3, 0.4) is 0 Å². The number of phenols is 1. The van der Waals surface area contributed by atoms with Gasteiger partial charge in [0.15, 0.2) is 5.58 Å². The van der Waals surface area contributed by atoms with Crippen LogP contribution in [0.4, 0.5) is 4.39 Å². The van der Waals surface area contributed by atoms with Gasteiger partial charge in [-0.3, -0.25) is 8.94 Å². The molecule has 0 aliphatic rings. The van der Waals surface area contributed by atoms with Crippen molar-refractivity contribution < 1.29 is 36.1 Å². The smallest absolute Gasteiger partial charge is 0.267 e. The molecule has 134 valence electrons. The van der Waals surface area contributed by atoms with Gasteiger partial charge in [-0.05, 0) is 17.3 Å². The number of oxazole rings is 1. The van der Waals surface area contributed by atoms with Crippen molar-refractivity contribution >= 4 is 21.2 Å². The van der Waals surface area contributed by atoms with E-state index >= 15 is 0 Å². The summed E-state index contributed by atoms with van der Waals surface area (Å²) in [5, 5.41) is 13.0. The molecule has 0 aliphatic carbocycles. The first kappa shape index (κ1) is 17.2. The summed E-state index contributed by atoms with van der Waals surface area (Å²) in [6, 6.07) is 5.74. The third-order valence-corrected chi connectivity index (χ3v) is 4.09. The van der Waals surface area contributed by atoms with E-state index < -0.39 is 28.5 Å². The number of hydrogen-bond donors (Lipinski definition) is 2. The van der Waals surface area contributed by atoms with Gasteiger partial charge in [0.25, 0.3) is 21.9 Å². The monoisotopic (exact) mass is 372 g/mol. The minimum Gasteiger partial charge on any atom is -0.508 e. The van der Waals surface area contributed by atoms with E-state index in [9.17, 15) is 17.9 Å². The lowest BCUT2D eigenvalue weighted by Gasteiger charge is -2.10. The maximum absolute atomic E-state index is 12.8. The average Bonchev–Trinajstić information content (AvgIpc) is 3.16. The highest BCUT2D eigenvalue weighted by Crippen LogP contribution is 2.28. The standard InChI is InChI=1S/C14H13FN2O7S/c15-5-8(7-25(19,20)21)6-22-13-4-12(24-17-13)14-16-10-3-9(18)1-2-11(10)23-14/h1-4,8,18H,5-7H2,(H,19,20,21). The second-order valence-corrected chi connectivity index (χ2v) is 6.78. The molecule has 0 bridgehead atoms. The molecule has 3 rings (SSSR count). The summed E-state index contributed by atoms with van der Waals surface area (Å²) in [5.74, 6) is -1.55. The van der Waals surface area contributed by atoms with Gasteiger partial charge in [-0.2, -0.15) is 8.42 Å². The number of fused-ring (bicyclic) bond motifs is 1. The lowest BCUT2D eigenvalue weighted by molar-refractivity contribution is 0.212. The van der Waals surface area contributed by atoms with Gasteiger partial charge in [0.05, 0.1) is 25.1 Å². The van der Waals surface area contributed by atoms with Gasteiger partial charge < -0.3 is 18.8 Å². The average molecular weight is 372 g/mol. The van der Waals surface area contributed by atoms with Crippen LogP contribution in [0.25, 0.3) is 22.8 Å². The molecule has 2 aromatic heterocycles. The number of nitrogens with zero attached hydrogens (tertiary/aromatic N) is 2. The number of ether oxygens (including phenoxy) is 1. The number of phenolic OH excluding ortho intramolecular Hbond substituents is 1. The van der Waals surface area contributed by atoms with Gasteiger partial charge in [0, 0.05) is 12.0 Å². The number of halogens is 1. The molecule has 25 heavy (non-hydrogen) atoms. The van der Waals surface area contributed by atoms with E-state index in [0.29, 0.717) is 11.1 Å². The minimum atomic E-state index is -4.31. The second kappa shape index (κ2) is 6.69. The lowest BCUT2D eigenvalue weighted by atomic mass is 10.2. The van der Waals surface area contributed by atoms with Crippen molar-refractivity contribution in [3.63, 3.8) is 0 Å². The Hall–Kier alpha value is -2.66. The molecular weight excluding hydrogens is 359 g/mol. The second-order valence-electron chi connectivity index (χ2n) is 5.28.